The monoisotopic (exact) mass is 467 g/mol. The SMILES string of the molecule is CN(C)CCNCCCc1cccc2c1[nH]c1c3ccc4ccn(C)c4c3c3c(c21)C(=O)NC3=O. The van der Waals surface area contributed by atoms with Gasteiger partial charge in [-0.2, -0.15) is 0 Å². The van der Waals surface area contributed by atoms with E-state index >= 15 is 0 Å². The van der Waals surface area contributed by atoms with Crippen molar-refractivity contribution in [2.45, 2.75) is 12.8 Å². The summed E-state index contributed by atoms with van der Waals surface area (Å²) in [6, 6.07) is 12.5. The molecule has 0 aliphatic carbocycles. The molecule has 35 heavy (non-hydrogen) atoms. The minimum absolute atomic E-state index is 0.320. The number of imide groups is 1. The largest absolute Gasteiger partial charge is 0.354 e. The number of nitrogens with zero attached hydrogens (tertiary/aromatic N) is 2. The minimum Gasteiger partial charge on any atom is -0.354 e. The average molecular weight is 468 g/mol. The zero-order valence-corrected chi connectivity index (χ0v) is 20.3. The van der Waals surface area contributed by atoms with Crippen LogP contribution in [0.4, 0.5) is 0 Å². The van der Waals surface area contributed by atoms with E-state index in [1.807, 2.05) is 23.9 Å². The van der Waals surface area contributed by atoms with Gasteiger partial charge >= 0.3 is 0 Å². The van der Waals surface area contributed by atoms with Gasteiger partial charge in [-0.15, -0.1) is 0 Å². The lowest BCUT2D eigenvalue weighted by Gasteiger charge is -2.10. The minimum atomic E-state index is -0.320. The highest BCUT2D eigenvalue weighted by atomic mass is 16.2. The van der Waals surface area contributed by atoms with Crippen LogP contribution in [0.1, 0.15) is 32.7 Å². The van der Waals surface area contributed by atoms with Crippen LogP contribution in [0, 0.1) is 0 Å². The Balaban J connectivity index is 1.53. The first kappa shape index (κ1) is 21.8. The highest BCUT2D eigenvalue weighted by Crippen LogP contribution is 2.42. The van der Waals surface area contributed by atoms with E-state index in [1.165, 1.54) is 5.56 Å². The summed E-state index contributed by atoms with van der Waals surface area (Å²) < 4.78 is 2.03. The van der Waals surface area contributed by atoms with E-state index in [0.717, 1.165) is 76.0 Å². The van der Waals surface area contributed by atoms with Gasteiger partial charge in [0.05, 0.1) is 22.2 Å². The molecule has 1 aliphatic heterocycles. The van der Waals surface area contributed by atoms with Gasteiger partial charge in [0.2, 0.25) is 0 Å². The van der Waals surface area contributed by atoms with Crippen molar-refractivity contribution >= 4 is 55.3 Å². The molecule has 0 fully saturated rings. The average Bonchev–Trinajstić information content (AvgIpc) is 3.49. The lowest BCUT2D eigenvalue weighted by Crippen LogP contribution is -2.27. The van der Waals surface area contributed by atoms with E-state index in [9.17, 15) is 9.59 Å². The molecule has 178 valence electrons. The smallest absolute Gasteiger partial charge is 0.259 e. The number of H-pyrrole nitrogens is 1. The van der Waals surface area contributed by atoms with E-state index < -0.39 is 0 Å². The summed E-state index contributed by atoms with van der Waals surface area (Å²) in [7, 11) is 6.13. The fraction of sp³-hybridized carbons (Fsp3) is 0.286. The zero-order chi connectivity index (χ0) is 24.3. The van der Waals surface area contributed by atoms with Gasteiger partial charge < -0.3 is 19.8 Å². The van der Waals surface area contributed by atoms with E-state index in [0.29, 0.717) is 11.1 Å². The van der Waals surface area contributed by atoms with Gasteiger partial charge in [0.15, 0.2) is 0 Å². The Morgan fingerprint density at radius 2 is 1.69 bits per heavy atom. The molecule has 0 spiro atoms. The Kier molecular flexibility index (Phi) is 5.12. The molecule has 0 saturated carbocycles. The molecule has 1 aliphatic rings. The normalized spacial score (nSPS) is 13.7. The summed E-state index contributed by atoms with van der Waals surface area (Å²) in [4.78, 5) is 32.0. The second kappa shape index (κ2) is 8.22. The number of carbonyl (C=O) groups excluding carboxylic acids is 2. The van der Waals surface area contributed by atoms with Crippen molar-refractivity contribution in [3.8, 4) is 0 Å². The van der Waals surface area contributed by atoms with Crippen molar-refractivity contribution in [2.24, 2.45) is 7.05 Å². The van der Waals surface area contributed by atoms with Crippen molar-refractivity contribution in [3.05, 3.63) is 59.3 Å². The van der Waals surface area contributed by atoms with E-state index in [2.05, 4.69) is 64.9 Å². The van der Waals surface area contributed by atoms with Crippen molar-refractivity contribution < 1.29 is 9.59 Å². The number of hydrogen-bond acceptors (Lipinski definition) is 4. The Labute approximate surface area is 203 Å². The molecule has 7 nitrogen and oxygen atoms in total. The standard InChI is InChI=1S/C28H29N5O2/c1-32(2)15-13-29-12-5-7-16-6-4-8-18-20-22-23(28(35)31-27(22)34)21-19(25(20)30-24(16)18)10-9-17-11-14-33(3)26(17)21/h4,6,8-11,14,29-30H,5,7,12-13,15H2,1-3H3,(H,31,34,35). The number of carbonyl (C=O) groups is 2. The summed E-state index contributed by atoms with van der Waals surface area (Å²) in [6.07, 6.45) is 3.93. The first-order chi connectivity index (χ1) is 17.0. The van der Waals surface area contributed by atoms with Crippen LogP contribution in [-0.4, -0.2) is 60.0 Å². The van der Waals surface area contributed by atoms with Gasteiger partial charge in [-0.1, -0.05) is 30.3 Å². The Morgan fingerprint density at radius 3 is 2.49 bits per heavy atom. The molecule has 6 rings (SSSR count). The number of fused-ring (bicyclic) bond motifs is 10. The van der Waals surface area contributed by atoms with Crippen molar-refractivity contribution in [3.63, 3.8) is 0 Å². The third-order valence-electron chi connectivity index (χ3n) is 7.20. The number of para-hydroxylation sites is 1. The van der Waals surface area contributed by atoms with Crippen LogP contribution >= 0.6 is 0 Å². The number of hydrogen-bond donors (Lipinski definition) is 3. The third kappa shape index (κ3) is 3.34. The van der Waals surface area contributed by atoms with Gasteiger partial charge in [0, 0.05) is 58.8 Å². The number of nitrogens with one attached hydrogen (secondary N) is 3. The molecule has 0 unspecified atom stereocenters. The van der Waals surface area contributed by atoms with Crippen LogP contribution in [-0.2, 0) is 13.5 Å². The van der Waals surface area contributed by atoms with Crippen LogP contribution < -0.4 is 10.6 Å². The van der Waals surface area contributed by atoms with E-state index in [-0.39, 0.29) is 11.8 Å². The third-order valence-corrected chi connectivity index (χ3v) is 7.20. The van der Waals surface area contributed by atoms with Crippen LogP contribution in [0.15, 0.2) is 42.6 Å². The summed E-state index contributed by atoms with van der Waals surface area (Å²) >= 11 is 0. The number of aromatic nitrogens is 2. The maximum absolute atomic E-state index is 13.1. The lowest BCUT2D eigenvalue weighted by atomic mass is 9.93. The molecule has 2 aromatic heterocycles. The molecular weight excluding hydrogens is 438 g/mol. The summed E-state index contributed by atoms with van der Waals surface area (Å²) in [5, 5.41) is 10.7. The highest BCUT2D eigenvalue weighted by molar-refractivity contribution is 6.39. The Hall–Kier alpha value is -3.68. The number of rotatable bonds is 7. The van der Waals surface area contributed by atoms with Crippen molar-refractivity contribution in [1.29, 1.82) is 0 Å². The zero-order valence-electron chi connectivity index (χ0n) is 20.3. The molecule has 3 aromatic carbocycles. The molecule has 3 N–H and O–H groups in total. The van der Waals surface area contributed by atoms with Crippen LogP contribution in [0.25, 0.3) is 43.5 Å². The van der Waals surface area contributed by atoms with E-state index in [4.69, 9.17) is 0 Å². The number of benzene rings is 3. The summed E-state index contributed by atoms with van der Waals surface area (Å²) in [6.45, 7) is 2.94. The quantitative estimate of drug-likeness (QED) is 0.250. The van der Waals surface area contributed by atoms with Gasteiger partial charge in [0.25, 0.3) is 11.8 Å². The predicted molar refractivity (Wildman–Crippen MR) is 141 cm³/mol. The van der Waals surface area contributed by atoms with Crippen LogP contribution in [0.5, 0.6) is 0 Å². The summed E-state index contributed by atoms with van der Waals surface area (Å²) in [5.74, 6) is -0.639. The highest BCUT2D eigenvalue weighted by Gasteiger charge is 2.34. The number of aromatic amines is 1. The predicted octanol–water partition coefficient (Wildman–Crippen LogP) is 3.93. The van der Waals surface area contributed by atoms with Crippen LogP contribution in [0.2, 0.25) is 0 Å². The lowest BCUT2D eigenvalue weighted by molar-refractivity contribution is 0.0880. The molecule has 0 saturated heterocycles. The van der Waals surface area contributed by atoms with Gasteiger partial charge in [-0.05, 0) is 45.1 Å². The second-order valence-electron chi connectivity index (χ2n) is 9.76. The Morgan fingerprint density at radius 1 is 0.914 bits per heavy atom. The molecule has 0 radical (unpaired) electrons. The van der Waals surface area contributed by atoms with Gasteiger partial charge in [0.1, 0.15) is 0 Å². The molecule has 3 heterocycles. The van der Waals surface area contributed by atoms with Gasteiger partial charge in [-0.3, -0.25) is 14.9 Å². The molecule has 7 heteroatoms. The topological polar surface area (TPSA) is 82.2 Å². The van der Waals surface area contributed by atoms with Crippen LogP contribution in [0.3, 0.4) is 0 Å². The number of likely N-dealkylation sites (N-methyl/N-ethyl adjacent to an activating group) is 1. The fourth-order valence-corrected chi connectivity index (χ4v) is 5.56. The fourth-order valence-electron chi connectivity index (χ4n) is 5.56. The molecular formula is C28H29N5O2. The van der Waals surface area contributed by atoms with E-state index in [1.54, 1.807) is 0 Å². The maximum atomic E-state index is 13.1. The molecule has 2 amide bonds. The van der Waals surface area contributed by atoms with Crippen molar-refractivity contribution in [1.82, 2.24) is 25.1 Å². The first-order valence-electron chi connectivity index (χ1n) is 12.1. The second-order valence-corrected chi connectivity index (χ2v) is 9.76. The number of aryl methyl sites for hydroxylation is 2. The molecule has 0 atom stereocenters. The summed E-state index contributed by atoms with van der Waals surface area (Å²) in [5.41, 5.74) is 5.12. The maximum Gasteiger partial charge on any atom is 0.259 e. The Bertz CT molecular complexity index is 1660. The number of amides is 2. The first-order valence-corrected chi connectivity index (χ1v) is 12.1. The molecule has 0 bridgehead atoms. The van der Waals surface area contributed by atoms with Gasteiger partial charge in [-0.25, -0.2) is 0 Å². The molecule has 5 aromatic rings. The van der Waals surface area contributed by atoms with Crippen molar-refractivity contribution in [2.75, 3.05) is 33.7 Å².